The molecule has 4 nitrogen and oxygen atoms in total. The van der Waals surface area contributed by atoms with Crippen LogP contribution < -0.4 is 5.32 Å². The SMILES string of the molecule is CC(CC(=O)O)CC(=O)NC1CCC(C(F)(F)F)CC1. The number of carboxylic acids is 1. The molecule has 1 unspecified atom stereocenters. The summed E-state index contributed by atoms with van der Waals surface area (Å²) in [5.41, 5.74) is 0. The van der Waals surface area contributed by atoms with Gasteiger partial charge in [-0.15, -0.1) is 0 Å². The molecule has 0 aliphatic heterocycles. The highest BCUT2D eigenvalue weighted by molar-refractivity contribution is 5.77. The van der Waals surface area contributed by atoms with Gasteiger partial charge in [-0.1, -0.05) is 6.92 Å². The molecule has 0 saturated heterocycles. The highest BCUT2D eigenvalue weighted by Crippen LogP contribution is 2.37. The number of alkyl halides is 3. The number of nitrogens with one attached hydrogen (secondary N) is 1. The average molecular weight is 295 g/mol. The number of aliphatic carboxylic acids is 1. The van der Waals surface area contributed by atoms with Crippen molar-refractivity contribution in [3.8, 4) is 0 Å². The fourth-order valence-electron chi connectivity index (χ4n) is 2.54. The maximum Gasteiger partial charge on any atom is 0.391 e. The van der Waals surface area contributed by atoms with Gasteiger partial charge in [0.1, 0.15) is 0 Å². The summed E-state index contributed by atoms with van der Waals surface area (Å²) < 4.78 is 37.4. The van der Waals surface area contributed by atoms with E-state index in [0.717, 1.165) is 0 Å². The van der Waals surface area contributed by atoms with Gasteiger partial charge in [0, 0.05) is 18.9 Å². The fraction of sp³-hybridized carbons (Fsp3) is 0.846. The van der Waals surface area contributed by atoms with Gasteiger partial charge in [0.05, 0.1) is 5.92 Å². The van der Waals surface area contributed by atoms with Crippen molar-refractivity contribution in [2.24, 2.45) is 11.8 Å². The van der Waals surface area contributed by atoms with Gasteiger partial charge >= 0.3 is 12.1 Å². The molecule has 0 spiro atoms. The second-order valence-electron chi connectivity index (χ2n) is 5.56. The van der Waals surface area contributed by atoms with Crippen LogP contribution in [-0.4, -0.2) is 29.2 Å². The van der Waals surface area contributed by atoms with E-state index in [4.69, 9.17) is 5.11 Å². The Bertz CT molecular complexity index is 349. The van der Waals surface area contributed by atoms with E-state index < -0.39 is 18.1 Å². The van der Waals surface area contributed by atoms with Gasteiger partial charge in [-0.25, -0.2) is 0 Å². The van der Waals surface area contributed by atoms with Gasteiger partial charge in [0.2, 0.25) is 5.91 Å². The van der Waals surface area contributed by atoms with Gasteiger partial charge in [0.15, 0.2) is 0 Å². The smallest absolute Gasteiger partial charge is 0.391 e. The Kier molecular flexibility index (Phi) is 5.83. The molecule has 0 bridgehead atoms. The summed E-state index contributed by atoms with van der Waals surface area (Å²) in [6.45, 7) is 1.66. The van der Waals surface area contributed by atoms with Crippen molar-refractivity contribution in [2.45, 2.75) is 57.7 Å². The van der Waals surface area contributed by atoms with Crippen molar-refractivity contribution in [1.82, 2.24) is 5.32 Å². The van der Waals surface area contributed by atoms with Crippen molar-refractivity contribution in [3.63, 3.8) is 0 Å². The number of carboxylic acid groups (broad SMARTS) is 1. The third-order valence-corrected chi connectivity index (χ3v) is 3.61. The topological polar surface area (TPSA) is 66.4 Å². The zero-order chi connectivity index (χ0) is 15.3. The molecular weight excluding hydrogens is 275 g/mol. The molecule has 1 rings (SSSR count). The van der Waals surface area contributed by atoms with Crippen LogP contribution in [0.2, 0.25) is 0 Å². The largest absolute Gasteiger partial charge is 0.481 e. The first kappa shape index (κ1) is 16.8. The molecule has 20 heavy (non-hydrogen) atoms. The second-order valence-corrected chi connectivity index (χ2v) is 5.56. The highest BCUT2D eigenvalue weighted by Gasteiger charge is 2.41. The fourth-order valence-corrected chi connectivity index (χ4v) is 2.54. The lowest BCUT2D eigenvalue weighted by Gasteiger charge is -2.30. The number of halogens is 3. The Hall–Kier alpha value is -1.27. The van der Waals surface area contributed by atoms with Gasteiger partial charge in [-0.3, -0.25) is 9.59 Å². The summed E-state index contributed by atoms with van der Waals surface area (Å²) in [5, 5.41) is 11.3. The van der Waals surface area contributed by atoms with E-state index in [1.54, 1.807) is 6.92 Å². The molecule has 2 N–H and O–H groups in total. The first-order chi connectivity index (χ1) is 9.18. The van der Waals surface area contributed by atoms with Gasteiger partial charge in [0.25, 0.3) is 0 Å². The number of carbonyl (C=O) groups excluding carboxylic acids is 1. The highest BCUT2D eigenvalue weighted by atomic mass is 19.4. The molecule has 1 aliphatic rings. The van der Waals surface area contributed by atoms with E-state index in [1.165, 1.54) is 0 Å². The van der Waals surface area contributed by atoms with Crippen LogP contribution in [0.1, 0.15) is 45.4 Å². The van der Waals surface area contributed by atoms with Crippen LogP contribution in [0.4, 0.5) is 13.2 Å². The van der Waals surface area contributed by atoms with E-state index in [1.807, 2.05) is 0 Å². The molecule has 1 atom stereocenters. The molecule has 0 aromatic heterocycles. The lowest BCUT2D eigenvalue weighted by atomic mass is 9.85. The Morgan fingerprint density at radius 2 is 1.75 bits per heavy atom. The van der Waals surface area contributed by atoms with Crippen LogP contribution >= 0.6 is 0 Å². The summed E-state index contributed by atoms with van der Waals surface area (Å²) in [7, 11) is 0. The third kappa shape index (κ3) is 5.79. The predicted octanol–water partition coefficient (Wildman–Crippen LogP) is 2.72. The van der Waals surface area contributed by atoms with Crippen LogP contribution in [0.15, 0.2) is 0 Å². The number of carbonyl (C=O) groups is 2. The van der Waals surface area contributed by atoms with E-state index in [9.17, 15) is 22.8 Å². The molecule has 116 valence electrons. The van der Waals surface area contributed by atoms with Crippen LogP contribution in [0, 0.1) is 11.8 Å². The molecule has 1 saturated carbocycles. The number of rotatable bonds is 5. The third-order valence-electron chi connectivity index (χ3n) is 3.61. The van der Waals surface area contributed by atoms with Crippen LogP contribution in [0.5, 0.6) is 0 Å². The molecule has 1 aliphatic carbocycles. The van der Waals surface area contributed by atoms with E-state index in [2.05, 4.69) is 5.32 Å². The maximum atomic E-state index is 12.5. The number of hydrogen-bond acceptors (Lipinski definition) is 2. The van der Waals surface area contributed by atoms with E-state index in [0.29, 0.717) is 12.8 Å². The number of hydrogen-bond donors (Lipinski definition) is 2. The van der Waals surface area contributed by atoms with E-state index in [-0.39, 0.29) is 43.6 Å². The normalized spacial score (nSPS) is 25.0. The van der Waals surface area contributed by atoms with Gasteiger partial charge in [-0.05, 0) is 31.6 Å². The zero-order valence-electron chi connectivity index (χ0n) is 11.4. The molecule has 0 radical (unpaired) electrons. The minimum absolute atomic E-state index is 0.0408. The molecule has 7 heteroatoms. The zero-order valence-corrected chi connectivity index (χ0v) is 11.4. The molecule has 1 amide bonds. The summed E-state index contributed by atoms with van der Waals surface area (Å²) in [6, 6.07) is -0.224. The second kappa shape index (κ2) is 6.95. The minimum atomic E-state index is -4.15. The standard InChI is InChI=1S/C13H20F3NO3/c1-8(7-12(19)20)6-11(18)17-10-4-2-9(3-5-10)13(14,15)16/h8-10H,2-7H2,1H3,(H,17,18)(H,19,20). The summed E-state index contributed by atoms with van der Waals surface area (Å²) >= 11 is 0. The van der Waals surface area contributed by atoms with Crippen molar-refractivity contribution in [2.75, 3.05) is 0 Å². The van der Waals surface area contributed by atoms with Crippen molar-refractivity contribution in [3.05, 3.63) is 0 Å². The lowest BCUT2D eigenvalue weighted by molar-refractivity contribution is -0.182. The van der Waals surface area contributed by atoms with Gasteiger partial charge in [-0.2, -0.15) is 13.2 Å². The molecule has 0 aromatic carbocycles. The Morgan fingerprint density at radius 3 is 2.20 bits per heavy atom. The number of amides is 1. The minimum Gasteiger partial charge on any atom is -0.481 e. The van der Waals surface area contributed by atoms with Crippen molar-refractivity contribution in [1.29, 1.82) is 0 Å². The summed E-state index contributed by atoms with van der Waals surface area (Å²) in [5.74, 6) is -2.79. The van der Waals surface area contributed by atoms with Crippen LogP contribution in [0.25, 0.3) is 0 Å². The van der Waals surface area contributed by atoms with E-state index >= 15 is 0 Å². The van der Waals surface area contributed by atoms with Crippen LogP contribution in [-0.2, 0) is 9.59 Å². The average Bonchev–Trinajstić information content (AvgIpc) is 2.26. The Labute approximate surface area is 115 Å². The first-order valence-corrected chi connectivity index (χ1v) is 6.76. The predicted molar refractivity (Wildman–Crippen MR) is 66.0 cm³/mol. The van der Waals surface area contributed by atoms with Crippen molar-refractivity contribution >= 4 is 11.9 Å². The van der Waals surface area contributed by atoms with Gasteiger partial charge < -0.3 is 10.4 Å². The Balaban J connectivity index is 2.29. The van der Waals surface area contributed by atoms with Crippen LogP contribution in [0.3, 0.4) is 0 Å². The summed E-state index contributed by atoms with van der Waals surface area (Å²) in [6.07, 6.45) is -3.42. The summed E-state index contributed by atoms with van der Waals surface area (Å²) in [4.78, 5) is 22.1. The molecule has 1 fully saturated rings. The monoisotopic (exact) mass is 295 g/mol. The first-order valence-electron chi connectivity index (χ1n) is 6.76. The maximum absolute atomic E-state index is 12.5. The molecular formula is C13H20F3NO3. The lowest BCUT2D eigenvalue weighted by Crippen LogP contribution is -2.40. The molecule has 0 aromatic rings. The van der Waals surface area contributed by atoms with Crippen molar-refractivity contribution < 1.29 is 27.9 Å². The molecule has 0 heterocycles. The quantitative estimate of drug-likeness (QED) is 0.819. The Morgan fingerprint density at radius 1 is 1.20 bits per heavy atom.